The summed E-state index contributed by atoms with van der Waals surface area (Å²) >= 11 is 0. The molecule has 0 aliphatic carbocycles. The molecule has 0 saturated carbocycles. The number of benzene rings is 2. The lowest BCUT2D eigenvalue weighted by Gasteiger charge is -2.17. The van der Waals surface area contributed by atoms with Gasteiger partial charge in [0.15, 0.2) is 11.5 Å². The number of carbonyl (C=O) groups is 1. The highest BCUT2D eigenvalue weighted by atomic mass is 16.5. The first-order chi connectivity index (χ1) is 13.1. The van der Waals surface area contributed by atoms with Gasteiger partial charge < -0.3 is 14.6 Å². The van der Waals surface area contributed by atoms with Gasteiger partial charge in [0, 0.05) is 6.04 Å². The Morgan fingerprint density at radius 1 is 1.22 bits per heavy atom. The van der Waals surface area contributed by atoms with Crippen molar-refractivity contribution in [3.05, 3.63) is 70.9 Å². The predicted molar refractivity (Wildman–Crippen MR) is 103 cm³/mol. The highest BCUT2D eigenvalue weighted by Gasteiger charge is 2.29. The first-order valence-electron chi connectivity index (χ1n) is 9.19. The SMILES string of the molecule is Cc1ccc2c(c1)-c1onc(C(=O)N[C@H](C)CCc3ccccc3)c1CO2. The van der Waals surface area contributed by atoms with Crippen LogP contribution >= 0.6 is 0 Å². The second kappa shape index (κ2) is 7.27. The van der Waals surface area contributed by atoms with Crippen molar-refractivity contribution in [1.82, 2.24) is 10.5 Å². The van der Waals surface area contributed by atoms with E-state index >= 15 is 0 Å². The first kappa shape index (κ1) is 17.3. The molecule has 1 atom stereocenters. The van der Waals surface area contributed by atoms with Crippen LogP contribution in [0.1, 0.15) is 40.5 Å². The molecule has 1 amide bonds. The van der Waals surface area contributed by atoms with Gasteiger partial charge in [0.2, 0.25) is 0 Å². The normalized spacial score (nSPS) is 13.3. The molecule has 0 bridgehead atoms. The number of aromatic nitrogens is 1. The average Bonchev–Trinajstić information content (AvgIpc) is 3.12. The number of hydrogen-bond acceptors (Lipinski definition) is 4. The first-order valence-corrected chi connectivity index (χ1v) is 9.19. The van der Waals surface area contributed by atoms with E-state index in [1.807, 2.05) is 50.2 Å². The maximum Gasteiger partial charge on any atom is 0.274 e. The molecule has 3 aromatic rings. The van der Waals surface area contributed by atoms with E-state index in [4.69, 9.17) is 9.26 Å². The molecular formula is C22H22N2O3. The quantitative estimate of drug-likeness (QED) is 0.735. The molecule has 2 heterocycles. The molecule has 1 aliphatic heterocycles. The fourth-order valence-corrected chi connectivity index (χ4v) is 3.32. The molecule has 0 radical (unpaired) electrons. The Balaban J connectivity index is 1.46. The zero-order valence-electron chi connectivity index (χ0n) is 15.5. The molecule has 0 spiro atoms. The molecule has 1 N–H and O–H groups in total. The Morgan fingerprint density at radius 3 is 2.85 bits per heavy atom. The molecule has 2 aromatic carbocycles. The standard InChI is InChI=1S/C22H22N2O3/c1-14-8-11-19-17(12-14)21-18(13-26-19)20(24-27-21)22(25)23-15(2)9-10-16-6-4-3-5-7-16/h3-8,11-12,15H,9-10,13H2,1-2H3,(H,23,25)/t15-/m1/s1. The van der Waals surface area contributed by atoms with Crippen LogP contribution in [-0.2, 0) is 13.0 Å². The third kappa shape index (κ3) is 3.58. The summed E-state index contributed by atoms with van der Waals surface area (Å²) in [5, 5.41) is 7.05. The lowest BCUT2D eigenvalue weighted by atomic mass is 10.0. The van der Waals surface area contributed by atoms with Crippen molar-refractivity contribution in [3.8, 4) is 17.1 Å². The lowest BCUT2D eigenvalue weighted by molar-refractivity contribution is 0.0927. The van der Waals surface area contributed by atoms with E-state index < -0.39 is 0 Å². The Hall–Kier alpha value is -3.08. The second-order valence-electron chi connectivity index (χ2n) is 7.03. The number of ether oxygens (including phenoxy) is 1. The third-order valence-corrected chi connectivity index (χ3v) is 4.84. The molecule has 0 saturated heterocycles. The van der Waals surface area contributed by atoms with Crippen molar-refractivity contribution in [2.24, 2.45) is 0 Å². The molecule has 1 aromatic heterocycles. The van der Waals surface area contributed by atoms with Gasteiger partial charge >= 0.3 is 0 Å². The summed E-state index contributed by atoms with van der Waals surface area (Å²) in [6.07, 6.45) is 1.77. The fourth-order valence-electron chi connectivity index (χ4n) is 3.32. The minimum Gasteiger partial charge on any atom is -0.488 e. The van der Waals surface area contributed by atoms with Gasteiger partial charge in [0.1, 0.15) is 12.4 Å². The van der Waals surface area contributed by atoms with Crippen molar-refractivity contribution in [2.45, 2.75) is 39.3 Å². The van der Waals surface area contributed by atoms with Crippen LogP contribution < -0.4 is 10.1 Å². The van der Waals surface area contributed by atoms with Crippen LogP contribution in [0.25, 0.3) is 11.3 Å². The Bertz CT molecular complexity index is 963. The molecule has 0 fully saturated rings. The van der Waals surface area contributed by atoms with E-state index in [0.717, 1.165) is 29.7 Å². The van der Waals surface area contributed by atoms with Gasteiger partial charge in [-0.3, -0.25) is 4.79 Å². The number of nitrogens with one attached hydrogen (secondary N) is 1. The summed E-state index contributed by atoms with van der Waals surface area (Å²) in [5.41, 5.74) is 4.23. The molecular weight excluding hydrogens is 340 g/mol. The van der Waals surface area contributed by atoms with Gasteiger partial charge in [-0.25, -0.2) is 0 Å². The van der Waals surface area contributed by atoms with E-state index in [-0.39, 0.29) is 18.6 Å². The molecule has 5 nitrogen and oxygen atoms in total. The molecule has 4 rings (SSSR count). The average molecular weight is 362 g/mol. The van der Waals surface area contributed by atoms with Crippen LogP contribution in [0.5, 0.6) is 5.75 Å². The van der Waals surface area contributed by atoms with Gasteiger partial charge in [0.25, 0.3) is 5.91 Å². The van der Waals surface area contributed by atoms with Gasteiger partial charge in [0.05, 0.1) is 11.1 Å². The van der Waals surface area contributed by atoms with E-state index in [0.29, 0.717) is 17.0 Å². The van der Waals surface area contributed by atoms with Crippen LogP contribution in [0.2, 0.25) is 0 Å². The zero-order valence-corrected chi connectivity index (χ0v) is 15.5. The summed E-state index contributed by atoms with van der Waals surface area (Å²) in [7, 11) is 0. The Kier molecular flexibility index (Phi) is 4.67. The van der Waals surface area contributed by atoms with Crippen molar-refractivity contribution in [3.63, 3.8) is 0 Å². The van der Waals surface area contributed by atoms with Crippen LogP contribution in [0.4, 0.5) is 0 Å². The van der Waals surface area contributed by atoms with Gasteiger partial charge in [-0.2, -0.15) is 0 Å². The summed E-state index contributed by atoms with van der Waals surface area (Å²) in [4.78, 5) is 12.7. The summed E-state index contributed by atoms with van der Waals surface area (Å²) in [6, 6.07) is 16.2. The number of nitrogens with zero attached hydrogens (tertiary/aromatic N) is 1. The lowest BCUT2D eigenvalue weighted by Crippen LogP contribution is -2.33. The zero-order chi connectivity index (χ0) is 18.8. The minimum absolute atomic E-state index is 0.0316. The van der Waals surface area contributed by atoms with E-state index in [2.05, 4.69) is 22.6 Å². The Labute approximate surface area is 158 Å². The maximum atomic E-state index is 12.7. The number of hydrogen-bond donors (Lipinski definition) is 1. The highest BCUT2D eigenvalue weighted by molar-refractivity contribution is 5.95. The second-order valence-corrected chi connectivity index (χ2v) is 7.03. The number of fused-ring (bicyclic) bond motifs is 3. The summed E-state index contributed by atoms with van der Waals surface area (Å²) in [5.74, 6) is 1.16. The van der Waals surface area contributed by atoms with Crippen molar-refractivity contribution in [1.29, 1.82) is 0 Å². The number of amides is 1. The predicted octanol–water partition coefficient (Wildman–Crippen LogP) is 4.29. The van der Waals surface area contributed by atoms with Crippen LogP contribution in [0.15, 0.2) is 53.1 Å². The smallest absolute Gasteiger partial charge is 0.274 e. The van der Waals surface area contributed by atoms with E-state index in [1.54, 1.807) is 0 Å². The minimum atomic E-state index is -0.222. The largest absolute Gasteiger partial charge is 0.488 e. The molecule has 27 heavy (non-hydrogen) atoms. The molecule has 0 unspecified atom stereocenters. The maximum absolute atomic E-state index is 12.7. The molecule has 138 valence electrons. The van der Waals surface area contributed by atoms with Gasteiger partial charge in [-0.05, 0) is 44.4 Å². The van der Waals surface area contributed by atoms with Crippen LogP contribution in [0.3, 0.4) is 0 Å². The van der Waals surface area contributed by atoms with Crippen LogP contribution in [-0.4, -0.2) is 17.1 Å². The van der Waals surface area contributed by atoms with Gasteiger partial charge in [-0.1, -0.05) is 47.1 Å². The van der Waals surface area contributed by atoms with E-state index in [1.165, 1.54) is 5.56 Å². The van der Waals surface area contributed by atoms with E-state index in [9.17, 15) is 4.79 Å². The van der Waals surface area contributed by atoms with Crippen molar-refractivity contribution >= 4 is 5.91 Å². The number of aryl methyl sites for hydroxylation is 2. The summed E-state index contributed by atoms with van der Waals surface area (Å²) in [6.45, 7) is 4.30. The topological polar surface area (TPSA) is 64.4 Å². The fraction of sp³-hybridized carbons (Fsp3) is 0.273. The van der Waals surface area contributed by atoms with Crippen molar-refractivity contribution in [2.75, 3.05) is 0 Å². The number of rotatable bonds is 5. The third-order valence-electron chi connectivity index (χ3n) is 4.84. The number of carbonyl (C=O) groups excluding carboxylic acids is 1. The highest BCUT2D eigenvalue weighted by Crippen LogP contribution is 2.39. The Morgan fingerprint density at radius 2 is 2.04 bits per heavy atom. The van der Waals surface area contributed by atoms with Crippen molar-refractivity contribution < 1.29 is 14.1 Å². The molecule has 5 heteroatoms. The monoisotopic (exact) mass is 362 g/mol. The van der Waals surface area contributed by atoms with Gasteiger partial charge in [-0.15, -0.1) is 0 Å². The van der Waals surface area contributed by atoms with Crippen LogP contribution in [0, 0.1) is 6.92 Å². The summed E-state index contributed by atoms with van der Waals surface area (Å²) < 4.78 is 11.3. The molecule has 1 aliphatic rings.